The van der Waals surface area contributed by atoms with Crippen molar-refractivity contribution in [2.75, 3.05) is 0 Å². The van der Waals surface area contributed by atoms with Gasteiger partial charge in [-0.3, -0.25) is 0 Å². The van der Waals surface area contributed by atoms with Crippen molar-refractivity contribution in [2.45, 2.75) is 37.8 Å². The monoisotopic (exact) mass is 224 g/mol. The SMILES string of the molecule is NC1(N)CCCCC1.Oc1cccc(O)c1. The molecule has 4 nitrogen and oxygen atoms in total. The van der Waals surface area contributed by atoms with Crippen LogP contribution in [0.3, 0.4) is 0 Å². The van der Waals surface area contributed by atoms with Crippen LogP contribution < -0.4 is 11.5 Å². The lowest BCUT2D eigenvalue weighted by atomic mass is 9.91. The zero-order chi connectivity index (χ0) is 12.0. The first-order valence-electron chi connectivity index (χ1n) is 5.55. The molecule has 1 aliphatic carbocycles. The molecule has 0 radical (unpaired) electrons. The Kier molecular flexibility index (Phi) is 4.58. The Morgan fingerprint density at radius 1 is 0.938 bits per heavy atom. The van der Waals surface area contributed by atoms with E-state index >= 15 is 0 Å². The van der Waals surface area contributed by atoms with Gasteiger partial charge in [-0.15, -0.1) is 0 Å². The van der Waals surface area contributed by atoms with Crippen molar-refractivity contribution in [3.8, 4) is 11.5 Å². The van der Waals surface area contributed by atoms with Gasteiger partial charge in [0.05, 0.1) is 5.66 Å². The summed E-state index contributed by atoms with van der Waals surface area (Å²) in [5.74, 6) is 0.176. The lowest BCUT2D eigenvalue weighted by molar-refractivity contribution is 0.306. The van der Waals surface area contributed by atoms with E-state index in [4.69, 9.17) is 21.7 Å². The third-order valence-electron chi connectivity index (χ3n) is 2.61. The van der Waals surface area contributed by atoms with Gasteiger partial charge in [0.1, 0.15) is 11.5 Å². The lowest BCUT2D eigenvalue weighted by Gasteiger charge is -2.28. The fourth-order valence-electron chi connectivity index (χ4n) is 1.70. The predicted octanol–water partition coefficient (Wildman–Crippen LogP) is 1.66. The molecular formula is C12H20N2O2. The second-order valence-corrected chi connectivity index (χ2v) is 4.31. The highest BCUT2D eigenvalue weighted by Crippen LogP contribution is 2.20. The van der Waals surface area contributed by atoms with Gasteiger partial charge < -0.3 is 21.7 Å². The Labute approximate surface area is 95.9 Å². The van der Waals surface area contributed by atoms with Crippen LogP contribution in [0.15, 0.2) is 24.3 Å². The molecule has 4 heteroatoms. The number of hydrogen-bond donors (Lipinski definition) is 4. The summed E-state index contributed by atoms with van der Waals surface area (Å²) in [6.45, 7) is 0. The van der Waals surface area contributed by atoms with Crippen molar-refractivity contribution in [1.82, 2.24) is 0 Å². The fourth-order valence-corrected chi connectivity index (χ4v) is 1.70. The molecule has 1 aromatic rings. The van der Waals surface area contributed by atoms with Crippen molar-refractivity contribution >= 4 is 0 Å². The van der Waals surface area contributed by atoms with Gasteiger partial charge in [-0.05, 0) is 25.0 Å². The van der Waals surface area contributed by atoms with Crippen LogP contribution in [0.1, 0.15) is 32.1 Å². The van der Waals surface area contributed by atoms with Crippen molar-refractivity contribution in [2.24, 2.45) is 11.5 Å². The quantitative estimate of drug-likeness (QED) is 0.504. The normalized spacial score (nSPS) is 18.4. The topological polar surface area (TPSA) is 92.5 Å². The van der Waals surface area contributed by atoms with Gasteiger partial charge in [-0.25, -0.2) is 0 Å². The Morgan fingerprint density at radius 3 is 1.69 bits per heavy atom. The van der Waals surface area contributed by atoms with Crippen LogP contribution in [0.4, 0.5) is 0 Å². The molecule has 0 atom stereocenters. The number of aromatic hydroxyl groups is 2. The summed E-state index contributed by atoms with van der Waals surface area (Å²) in [5.41, 5.74) is 11.0. The molecule has 0 saturated heterocycles. The molecule has 1 aromatic carbocycles. The van der Waals surface area contributed by atoms with Crippen LogP contribution in [0.25, 0.3) is 0 Å². The summed E-state index contributed by atoms with van der Waals surface area (Å²) in [6.07, 6.45) is 5.76. The van der Waals surface area contributed by atoms with E-state index in [1.165, 1.54) is 37.5 Å². The Morgan fingerprint density at radius 2 is 1.44 bits per heavy atom. The van der Waals surface area contributed by atoms with E-state index in [-0.39, 0.29) is 17.2 Å². The molecule has 0 unspecified atom stereocenters. The van der Waals surface area contributed by atoms with Crippen molar-refractivity contribution in [3.05, 3.63) is 24.3 Å². The number of benzene rings is 1. The van der Waals surface area contributed by atoms with Gasteiger partial charge in [-0.2, -0.15) is 0 Å². The number of rotatable bonds is 0. The third kappa shape index (κ3) is 5.00. The molecule has 0 aromatic heterocycles. The third-order valence-corrected chi connectivity index (χ3v) is 2.61. The Bertz CT molecular complexity index is 301. The van der Waals surface area contributed by atoms with Crippen LogP contribution in [0.2, 0.25) is 0 Å². The van der Waals surface area contributed by atoms with E-state index in [0.717, 1.165) is 12.8 Å². The molecule has 1 saturated carbocycles. The van der Waals surface area contributed by atoms with Crippen LogP contribution in [-0.4, -0.2) is 15.9 Å². The highest BCUT2D eigenvalue weighted by atomic mass is 16.3. The molecule has 6 N–H and O–H groups in total. The lowest BCUT2D eigenvalue weighted by Crippen LogP contribution is -2.50. The molecule has 0 spiro atoms. The van der Waals surface area contributed by atoms with Gasteiger partial charge >= 0.3 is 0 Å². The first-order chi connectivity index (χ1) is 7.49. The van der Waals surface area contributed by atoms with Gasteiger partial charge in [-0.1, -0.05) is 25.3 Å². The minimum Gasteiger partial charge on any atom is -0.508 e. The zero-order valence-corrected chi connectivity index (χ0v) is 9.39. The first kappa shape index (κ1) is 12.8. The van der Waals surface area contributed by atoms with E-state index < -0.39 is 0 Å². The van der Waals surface area contributed by atoms with Crippen molar-refractivity contribution in [3.63, 3.8) is 0 Å². The minimum atomic E-state index is -0.321. The Hall–Kier alpha value is -1.26. The number of hydrogen-bond acceptors (Lipinski definition) is 4. The summed E-state index contributed by atoms with van der Waals surface area (Å²) in [7, 11) is 0. The maximum atomic E-state index is 8.65. The van der Waals surface area contributed by atoms with Crippen LogP contribution in [0.5, 0.6) is 11.5 Å². The zero-order valence-electron chi connectivity index (χ0n) is 9.39. The maximum absolute atomic E-state index is 8.65. The van der Waals surface area contributed by atoms with Gasteiger partial charge in [0.15, 0.2) is 0 Å². The summed E-state index contributed by atoms with van der Waals surface area (Å²) in [4.78, 5) is 0. The summed E-state index contributed by atoms with van der Waals surface area (Å²) in [5, 5.41) is 17.3. The van der Waals surface area contributed by atoms with Crippen LogP contribution in [-0.2, 0) is 0 Å². The molecular weight excluding hydrogens is 204 g/mol. The van der Waals surface area contributed by atoms with E-state index in [1.807, 2.05) is 0 Å². The molecule has 90 valence electrons. The summed E-state index contributed by atoms with van der Waals surface area (Å²) in [6, 6.07) is 5.85. The number of phenolic OH excluding ortho intramolecular Hbond substituents is 2. The van der Waals surface area contributed by atoms with Crippen molar-refractivity contribution < 1.29 is 10.2 Å². The smallest absolute Gasteiger partial charge is 0.119 e. The second kappa shape index (κ2) is 5.72. The molecule has 0 heterocycles. The van der Waals surface area contributed by atoms with Crippen LogP contribution in [0, 0.1) is 0 Å². The van der Waals surface area contributed by atoms with E-state index in [2.05, 4.69) is 0 Å². The number of nitrogens with two attached hydrogens (primary N) is 2. The molecule has 0 aliphatic heterocycles. The highest BCUT2D eigenvalue weighted by Gasteiger charge is 2.21. The average Bonchev–Trinajstić information content (AvgIpc) is 2.17. The highest BCUT2D eigenvalue weighted by molar-refractivity contribution is 5.30. The summed E-state index contributed by atoms with van der Waals surface area (Å²) < 4.78 is 0. The maximum Gasteiger partial charge on any atom is 0.119 e. The second-order valence-electron chi connectivity index (χ2n) is 4.31. The fraction of sp³-hybridized carbons (Fsp3) is 0.500. The van der Waals surface area contributed by atoms with E-state index in [9.17, 15) is 0 Å². The van der Waals surface area contributed by atoms with Gasteiger partial charge in [0.25, 0.3) is 0 Å². The molecule has 2 rings (SSSR count). The molecule has 0 amide bonds. The van der Waals surface area contributed by atoms with Gasteiger partial charge in [0, 0.05) is 6.07 Å². The molecule has 16 heavy (non-hydrogen) atoms. The standard InChI is InChI=1S/C6H14N2.C6H6O2/c7-6(8)4-2-1-3-5-6;7-5-2-1-3-6(8)4-5/h1-5,7-8H2;1-4,7-8H. The predicted molar refractivity (Wildman–Crippen MR) is 64.0 cm³/mol. The molecule has 0 bridgehead atoms. The van der Waals surface area contributed by atoms with E-state index in [0.29, 0.717) is 0 Å². The summed E-state index contributed by atoms with van der Waals surface area (Å²) >= 11 is 0. The van der Waals surface area contributed by atoms with E-state index in [1.54, 1.807) is 6.07 Å². The molecule has 1 aliphatic rings. The minimum absolute atomic E-state index is 0.0880. The van der Waals surface area contributed by atoms with Crippen molar-refractivity contribution in [1.29, 1.82) is 0 Å². The average molecular weight is 224 g/mol. The molecule has 1 fully saturated rings. The number of phenols is 2. The first-order valence-corrected chi connectivity index (χ1v) is 5.55. The Balaban J connectivity index is 0.000000160. The van der Waals surface area contributed by atoms with Crippen LogP contribution >= 0.6 is 0 Å². The largest absolute Gasteiger partial charge is 0.508 e. The van der Waals surface area contributed by atoms with Gasteiger partial charge in [0.2, 0.25) is 0 Å².